The maximum Gasteiger partial charge on any atom is 0.191 e. The number of nitrogens with one attached hydrogen (secondary N) is 2. The molecule has 1 atom stereocenters. The molecule has 2 fully saturated rings. The summed E-state index contributed by atoms with van der Waals surface area (Å²) in [6.45, 7) is 6.17. The summed E-state index contributed by atoms with van der Waals surface area (Å²) in [6, 6.07) is 1.59. The Kier molecular flexibility index (Phi) is 8.36. The van der Waals surface area contributed by atoms with E-state index in [1.165, 1.54) is 63.6 Å². The zero-order valence-electron chi connectivity index (χ0n) is 18.9. The molecule has 0 bridgehead atoms. The zero-order chi connectivity index (χ0) is 20.6. The molecule has 2 heterocycles. The van der Waals surface area contributed by atoms with Crippen LogP contribution in [0, 0.1) is 0 Å². The monoisotopic (exact) mass is 403 g/mol. The van der Waals surface area contributed by atoms with Crippen molar-refractivity contribution in [3.05, 3.63) is 18.0 Å². The maximum absolute atomic E-state index is 4.93. The van der Waals surface area contributed by atoms with Crippen LogP contribution in [0.3, 0.4) is 0 Å². The van der Waals surface area contributed by atoms with E-state index in [2.05, 4.69) is 52.7 Å². The number of aliphatic imine (C=N–C) groups is 1. The van der Waals surface area contributed by atoms with E-state index in [1.54, 1.807) is 0 Å². The van der Waals surface area contributed by atoms with Gasteiger partial charge in [-0.3, -0.25) is 9.67 Å². The Hall–Kier alpha value is -1.60. The van der Waals surface area contributed by atoms with Crippen LogP contribution in [-0.2, 0) is 7.05 Å². The maximum atomic E-state index is 4.93. The lowest BCUT2D eigenvalue weighted by Crippen LogP contribution is -2.51. The van der Waals surface area contributed by atoms with Crippen molar-refractivity contribution in [3.63, 3.8) is 0 Å². The second-order valence-electron chi connectivity index (χ2n) is 8.89. The Morgan fingerprint density at radius 3 is 2.52 bits per heavy atom. The fraction of sp³-hybridized carbons (Fsp3) is 0.818. The SMILES string of the molecule is CCNC(=NCC(c1cnn(C)c1)N(C)C)NC1CCN(C2CCCCC2)CC1. The molecule has 2 aliphatic rings. The summed E-state index contributed by atoms with van der Waals surface area (Å²) in [4.78, 5) is 9.88. The fourth-order valence-electron chi connectivity index (χ4n) is 4.73. The summed E-state index contributed by atoms with van der Waals surface area (Å²) in [5, 5.41) is 11.5. The number of hydrogen-bond acceptors (Lipinski definition) is 4. The molecule has 3 rings (SSSR count). The molecule has 1 saturated heterocycles. The van der Waals surface area contributed by atoms with Gasteiger partial charge in [0.1, 0.15) is 0 Å². The number of aromatic nitrogens is 2. The standard InChI is InChI=1S/C22H41N7/c1-5-23-22(24-16-21(27(2)3)18-15-25-28(4)17-18)26-19-11-13-29(14-12-19)20-9-7-6-8-10-20/h15,17,19-21H,5-14,16H2,1-4H3,(H2,23,24,26). The lowest BCUT2D eigenvalue weighted by Gasteiger charge is -2.39. The Morgan fingerprint density at radius 2 is 1.93 bits per heavy atom. The molecule has 164 valence electrons. The summed E-state index contributed by atoms with van der Waals surface area (Å²) >= 11 is 0. The number of piperidine rings is 1. The van der Waals surface area contributed by atoms with E-state index in [0.717, 1.165) is 25.1 Å². The van der Waals surface area contributed by atoms with E-state index in [1.807, 2.05) is 17.9 Å². The predicted octanol–water partition coefficient (Wildman–Crippen LogP) is 2.38. The fourth-order valence-corrected chi connectivity index (χ4v) is 4.73. The molecule has 29 heavy (non-hydrogen) atoms. The average molecular weight is 404 g/mol. The minimum Gasteiger partial charge on any atom is -0.357 e. The smallest absolute Gasteiger partial charge is 0.191 e. The van der Waals surface area contributed by atoms with Crippen LogP contribution >= 0.6 is 0 Å². The van der Waals surface area contributed by atoms with Gasteiger partial charge in [-0.05, 0) is 46.7 Å². The van der Waals surface area contributed by atoms with Gasteiger partial charge in [-0.25, -0.2) is 0 Å². The first kappa shape index (κ1) is 22.1. The molecule has 1 unspecified atom stereocenters. The topological polar surface area (TPSA) is 60.7 Å². The van der Waals surface area contributed by atoms with Crippen LogP contribution in [0.2, 0.25) is 0 Å². The molecular weight excluding hydrogens is 362 g/mol. The highest BCUT2D eigenvalue weighted by molar-refractivity contribution is 5.80. The Labute approximate surface area is 176 Å². The van der Waals surface area contributed by atoms with Crippen molar-refractivity contribution in [1.82, 2.24) is 30.2 Å². The molecule has 1 aromatic rings. The first-order chi connectivity index (χ1) is 14.1. The third kappa shape index (κ3) is 6.44. The number of guanidine groups is 1. The highest BCUT2D eigenvalue weighted by atomic mass is 15.3. The summed E-state index contributed by atoms with van der Waals surface area (Å²) in [5.74, 6) is 0.944. The Bertz CT molecular complexity index is 625. The second kappa shape index (κ2) is 11.0. The van der Waals surface area contributed by atoms with Crippen molar-refractivity contribution in [2.45, 2.75) is 70.0 Å². The number of hydrogen-bond donors (Lipinski definition) is 2. The number of nitrogens with zero attached hydrogens (tertiary/aromatic N) is 5. The number of likely N-dealkylation sites (tertiary alicyclic amines) is 1. The predicted molar refractivity (Wildman–Crippen MR) is 120 cm³/mol. The van der Waals surface area contributed by atoms with Crippen LogP contribution in [0.1, 0.15) is 63.5 Å². The van der Waals surface area contributed by atoms with Gasteiger partial charge < -0.3 is 20.4 Å². The van der Waals surface area contributed by atoms with Gasteiger partial charge >= 0.3 is 0 Å². The van der Waals surface area contributed by atoms with Gasteiger partial charge in [-0.1, -0.05) is 19.3 Å². The van der Waals surface area contributed by atoms with E-state index in [-0.39, 0.29) is 6.04 Å². The Balaban J connectivity index is 1.53. The van der Waals surface area contributed by atoms with Crippen molar-refractivity contribution >= 4 is 5.96 Å². The normalized spacial score (nSPS) is 21.5. The summed E-state index contributed by atoms with van der Waals surface area (Å²) in [7, 11) is 6.17. The molecule has 1 aliphatic carbocycles. The number of likely N-dealkylation sites (N-methyl/N-ethyl adjacent to an activating group) is 1. The second-order valence-corrected chi connectivity index (χ2v) is 8.89. The van der Waals surface area contributed by atoms with Gasteiger partial charge in [-0.2, -0.15) is 5.10 Å². The van der Waals surface area contributed by atoms with Gasteiger partial charge in [0.05, 0.1) is 18.8 Å². The van der Waals surface area contributed by atoms with Crippen molar-refractivity contribution in [2.24, 2.45) is 12.0 Å². The largest absolute Gasteiger partial charge is 0.357 e. The van der Waals surface area contributed by atoms with Gasteiger partial charge in [0.25, 0.3) is 0 Å². The first-order valence-electron chi connectivity index (χ1n) is 11.5. The lowest BCUT2D eigenvalue weighted by atomic mass is 9.92. The van der Waals surface area contributed by atoms with Crippen LogP contribution < -0.4 is 10.6 Å². The molecule has 1 aliphatic heterocycles. The third-order valence-electron chi connectivity index (χ3n) is 6.46. The van der Waals surface area contributed by atoms with E-state index in [0.29, 0.717) is 6.04 Å². The molecule has 0 spiro atoms. The van der Waals surface area contributed by atoms with Gasteiger partial charge in [0, 0.05) is 50.5 Å². The summed E-state index contributed by atoms with van der Waals surface area (Å²) in [5.41, 5.74) is 1.21. The van der Waals surface area contributed by atoms with Crippen LogP contribution in [0.15, 0.2) is 17.4 Å². The highest BCUT2D eigenvalue weighted by Crippen LogP contribution is 2.25. The molecule has 0 radical (unpaired) electrons. The van der Waals surface area contributed by atoms with Crippen LogP contribution in [0.25, 0.3) is 0 Å². The van der Waals surface area contributed by atoms with Gasteiger partial charge in [-0.15, -0.1) is 0 Å². The van der Waals surface area contributed by atoms with E-state index in [9.17, 15) is 0 Å². The van der Waals surface area contributed by atoms with Crippen molar-refractivity contribution in [1.29, 1.82) is 0 Å². The lowest BCUT2D eigenvalue weighted by molar-refractivity contribution is 0.119. The minimum absolute atomic E-state index is 0.229. The Morgan fingerprint density at radius 1 is 1.21 bits per heavy atom. The molecule has 0 amide bonds. The molecule has 2 N–H and O–H groups in total. The van der Waals surface area contributed by atoms with Gasteiger partial charge in [0.2, 0.25) is 0 Å². The van der Waals surface area contributed by atoms with Crippen molar-refractivity contribution in [2.75, 3.05) is 40.3 Å². The van der Waals surface area contributed by atoms with Crippen LogP contribution in [0.4, 0.5) is 0 Å². The third-order valence-corrected chi connectivity index (χ3v) is 6.46. The summed E-state index contributed by atoms with van der Waals surface area (Å²) in [6.07, 6.45) is 13.5. The van der Waals surface area contributed by atoms with E-state index >= 15 is 0 Å². The molecule has 7 nitrogen and oxygen atoms in total. The van der Waals surface area contributed by atoms with E-state index in [4.69, 9.17) is 4.99 Å². The van der Waals surface area contributed by atoms with E-state index < -0.39 is 0 Å². The molecule has 1 saturated carbocycles. The van der Waals surface area contributed by atoms with Crippen molar-refractivity contribution in [3.8, 4) is 0 Å². The van der Waals surface area contributed by atoms with Crippen molar-refractivity contribution < 1.29 is 0 Å². The molecule has 7 heteroatoms. The highest BCUT2D eigenvalue weighted by Gasteiger charge is 2.26. The molecule has 1 aromatic heterocycles. The summed E-state index contributed by atoms with van der Waals surface area (Å²) < 4.78 is 1.86. The van der Waals surface area contributed by atoms with Crippen LogP contribution in [-0.4, -0.2) is 77.9 Å². The first-order valence-corrected chi connectivity index (χ1v) is 11.5. The minimum atomic E-state index is 0.229. The average Bonchev–Trinajstić information content (AvgIpc) is 3.15. The molecular formula is C22H41N7. The van der Waals surface area contributed by atoms with Crippen LogP contribution in [0.5, 0.6) is 0 Å². The number of rotatable bonds is 7. The van der Waals surface area contributed by atoms with Gasteiger partial charge in [0.15, 0.2) is 5.96 Å². The molecule has 0 aromatic carbocycles. The zero-order valence-corrected chi connectivity index (χ0v) is 18.9. The quantitative estimate of drug-likeness (QED) is 0.541. The number of aryl methyl sites for hydroxylation is 1.